The Morgan fingerprint density at radius 1 is 1.13 bits per heavy atom. The minimum atomic E-state index is -0.694. The molecule has 0 radical (unpaired) electrons. The van der Waals surface area contributed by atoms with Crippen molar-refractivity contribution in [3.63, 3.8) is 0 Å². The van der Waals surface area contributed by atoms with Gasteiger partial charge < -0.3 is 9.47 Å². The second-order valence-electron chi connectivity index (χ2n) is 4.44. The van der Waals surface area contributed by atoms with E-state index in [0.717, 1.165) is 0 Å². The summed E-state index contributed by atoms with van der Waals surface area (Å²) in [7, 11) is 1.22. The number of esters is 1. The minimum Gasteiger partial charge on any atom is -0.465 e. The highest BCUT2D eigenvalue weighted by Crippen LogP contribution is 2.29. The van der Waals surface area contributed by atoms with Gasteiger partial charge in [0.25, 0.3) is 0 Å². The molecule has 23 heavy (non-hydrogen) atoms. The average Bonchev–Trinajstić information content (AvgIpc) is 2.51. The van der Waals surface area contributed by atoms with E-state index in [-0.39, 0.29) is 5.57 Å². The van der Waals surface area contributed by atoms with Gasteiger partial charge in [-0.3, -0.25) is 0 Å². The molecule has 0 spiro atoms. The number of halogens is 2. The highest BCUT2D eigenvalue weighted by molar-refractivity contribution is 6.34. The van der Waals surface area contributed by atoms with E-state index in [2.05, 4.69) is 4.74 Å². The molecule has 0 atom stereocenters. The van der Waals surface area contributed by atoms with Gasteiger partial charge in [-0.05, 0) is 42.0 Å². The lowest BCUT2D eigenvalue weighted by Crippen LogP contribution is -2.02. The highest BCUT2D eigenvalue weighted by atomic mass is 35.5. The maximum Gasteiger partial charge on any atom is 0.348 e. The number of carbonyl (C=O) groups excluding carboxylic acids is 1. The molecule has 0 N–H and O–H groups in total. The third kappa shape index (κ3) is 4.75. The molecule has 2 aromatic rings. The van der Waals surface area contributed by atoms with Gasteiger partial charge in [-0.2, -0.15) is 5.26 Å². The predicted molar refractivity (Wildman–Crippen MR) is 88.6 cm³/mol. The molecule has 0 aliphatic heterocycles. The van der Waals surface area contributed by atoms with Crippen molar-refractivity contribution in [2.75, 3.05) is 7.11 Å². The van der Waals surface area contributed by atoms with Crippen LogP contribution >= 0.6 is 23.2 Å². The predicted octanol–water partition coefficient (Wildman–Crippen LogP) is 4.87. The van der Waals surface area contributed by atoms with E-state index in [1.807, 2.05) is 0 Å². The van der Waals surface area contributed by atoms with Gasteiger partial charge in [-0.15, -0.1) is 0 Å². The van der Waals surface area contributed by atoms with Crippen molar-refractivity contribution >= 4 is 35.2 Å². The molecular weight excluding hydrogens is 337 g/mol. The second kappa shape index (κ2) is 7.68. The molecule has 0 aliphatic carbocycles. The van der Waals surface area contributed by atoms with Crippen molar-refractivity contribution in [2.24, 2.45) is 0 Å². The molecule has 0 aromatic heterocycles. The first-order valence-corrected chi connectivity index (χ1v) is 7.21. The zero-order valence-corrected chi connectivity index (χ0v) is 13.6. The fourth-order valence-corrected chi connectivity index (χ4v) is 2.31. The number of hydrogen-bond donors (Lipinski definition) is 0. The van der Waals surface area contributed by atoms with Gasteiger partial charge >= 0.3 is 5.97 Å². The highest BCUT2D eigenvalue weighted by Gasteiger charge is 2.09. The topological polar surface area (TPSA) is 59.3 Å². The Morgan fingerprint density at radius 3 is 2.43 bits per heavy atom. The molecule has 0 saturated carbocycles. The Balaban J connectivity index is 2.28. The van der Waals surface area contributed by atoms with Crippen LogP contribution in [0.25, 0.3) is 6.08 Å². The third-order valence-electron chi connectivity index (χ3n) is 2.77. The Labute approximate surface area is 143 Å². The standard InChI is InChI=1S/C17H11Cl2NO3/c1-22-17(21)12(10-20)5-11-3-2-4-15(6-11)23-16-8-13(18)7-14(19)9-16/h2-9H,1H3/b12-5+. The third-order valence-corrected chi connectivity index (χ3v) is 3.20. The van der Waals surface area contributed by atoms with E-state index in [1.165, 1.54) is 13.2 Å². The van der Waals surface area contributed by atoms with Crippen molar-refractivity contribution in [1.29, 1.82) is 5.26 Å². The number of nitrogens with zero attached hydrogens (tertiary/aromatic N) is 1. The summed E-state index contributed by atoms with van der Waals surface area (Å²) in [4.78, 5) is 11.4. The van der Waals surface area contributed by atoms with E-state index in [9.17, 15) is 4.79 Å². The van der Waals surface area contributed by atoms with E-state index in [0.29, 0.717) is 27.1 Å². The van der Waals surface area contributed by atoms with E-state index in [1.54, 1.807) is 48.5 Å². The Bertz CT molecular complexity index is 789. The van der Waals surface area contributed by atoms with Gasteiger partial charge in [0, 0.05) is 10.0 Å². The smallest absolute Gasteiger partial charge is 0.348 e. The van der Waals surface area contributed by atoms with Gasteiger partial charge in [0.1, 0.15) is 23.1 Å². The summed E-state index contributed by atoms with van der Waals surface area (Å²) in [6.07, 6.45) is 1.42. The Hall–Kier alpha value is -2.48. The molecule has 4 nitrogen and oxygen atoms in total. The van der Waals surface area contributed by atoms with Crippen molar-refractivity contribution < 1.29 is 14.3 Å². The first kappa shape index (κ1) is 16.9. The van der Waals surface area contributed by atoms with Crippen molar-refractivity contribution in [2.45, 2.75) is 0 Å². The van der Waals surface area contributed by atoms with E-state index >= 15 is 0 Å². The van der Waals surface area contributed by atoms with Gasteiger partial charge in [0.05, 0.1) is 7.11 Å². The van der Waals surface area contributed by atoms with Crippen LogP contribution in [0.3, 0.4) is 0 Å². The van der Waals surface area contributed by atoms with Crippen LogP contribution in [0.4, 0.5) is 0 Å². The number of benzene rings is 2. The lowest BCUT2D eigenvalue weighted by atomic mass is 10.1. The van der Waals surface area contributed by atoms with Gasteiger partial charge in [-0.1, -0.05) is 35.3 Å². The summed E-state index contributed by atoms with van der Waals surface area (Å²) < 4.78 is 10.2. The average molecular weight is 348 g/mol. The SMILES string of the molecule is COC(=O)/C(C#N)=C/c1cccc(Oc2cc(Cl)cc(Cl)c2)c1. The summed E-state index contributed by atoms with van der Waals surface area (Å²) in [6, 6.07) is 13.5. The maximum absolute atomic E-state index is 11.4. The van der Waals surface area contributed by atoms with Crippen molar-refractivity contribution in [1.82, 2.24) is 0 Å². The zero-order chi connectivity index (χ0) is 16.8. The molecule has 2 rings (SSSR count). The van der Waals surface area contributed by atoms with Crippen LogP contribution in [0.2, 0.25) is 10.0 Å². The summed E-state index contributed by atoms with van der Waals surface area (Å²) in [5, 5.41) is 9.89. The first-order valence-electron chi connectivity index (χ1n) is 6.46. The largest absolute Gasteiger partial charge is 0.465 e. The van der Waals surface area contributed by atoms with Crippen LogP contribution in [0, 0.1) is 11.3 Å². The number of hydrogen-bond acceptors (Lipinski definition) is 4. The van der Waals surface area contributed by atoms with E-state index < -0.39 is 5.97 Å². The van der Waals surface area contributed by atoms with E-state index in [4.69, 9.17) is 33.2 Å². The molecule has 0 bridgehead atoms. The summed E-state index contributed by atoms with van der Waals surface area (Å²) in [6.45, 7) is 0. The van der Waals surface area contributed by atoms with Crippen LogP contribution in [-0.4, -0.2) is 13.1 Å². The first-order chi connectivity index (χ1) is 11.0. The fraction of sp³-hybridized carbons (Fsp3) is 0.0588. The zero-order valence-electron chi connectivity index (χ0n) is 12.0. The fourth-order valence-electron chi connectivity index (χ4n) is 1.80. The molecule has 2 aromatic carbocycles. The van der Waals surface area contributed by atoms with Crippen LogP contribution in [0.1, 0.15) is 5.56 Å². The number of ether oxygens (including phenoxy) is 2. The molecule has 116 valence electrons. The summed E-state index contributed by atoms with van der Waals surface area (Å²) in [5.74, 6) is 0.303. The normalized spacial score (nSPS) is 10.8. The Kier molecular flexibility index (Phi) is 5.64. The minimum absolute atomic E-state index is 0.101. The second-order valence-corrected chi connectivity index (χ2v) is 5.31. The lowest BCUT2D eigenvalue weighted by Gasteiger charge is -2.07. The maximum atomic E-state index is 11.4. The molecular formula is C17H11Cl2NO3. The molecule has 0 fully saturated rings. The molecule has 0 amide bonds. The Morgan fingerprint density at radius 2 is 1.83 bits per heavy atom. The van der Waals surface area contributed by atoms with Crippen LogP contribution in [-0.2, 0) is 9.53 Å². The number of methoxy groups -OCH3 is 1. The van der Waals surface area contributed by atoms with Gasteiger partial charge in [0.15, 0.2) is 0 Å². The molecule has 0 heterocycles. The van der Waals surface area contributed by atoms with Crippen LogP contribution < -0.4 is 4.74 Å². The lowest BCUT2D eigenvalue weighted by molar-refractivity contribution is -0.135. The molecule has 0 saturated heterocycles. The van der Waals surface area contributed by atoms with Crippen LogP contribution in [0.15, 0.2) is 48.0 Å². The molecule has 0 aliphatic rings. The quantitative estimate of drug-likeness (QED) is 0.450. The van der Waals surface area contributed by atoms with Gasteiger partial charge in [0.2, 0.25) is 0 Å². The molecule has 0 unspecified atom stereocenters. The summed E-state index contributed by atoms with van der Waals surface area (Å²) >= 11 is 11.8. The van der Waals surface area contributed by atoms with Crippen molar-refractivity contribution in [3.05, 3.63) is 63.6 Å². The number of carbonyl (C=O) groups is 1. The monoisotopic (exact) mass is 347 g/mol. The molecule has 6 heteroatoms. The van der Waals surface area contributed by atoms with Crippen molar-refractivity contribution in [3.8, 4) is 17.6 Å². The summed E-state index contributed by atoms with van der Waals surface area (Å²) in [5.41, 5.74) is 0.521. The number of nitriles is 1. The van der Waals surface area contributed by atoms with Gasteiger partial charge in [-0.25, -0.2) is 4.79 Å². The van der Waals surface area contributed by atoms with Crippen LogP contribution in [0.5, 0.6) is 11.5 Å². The number of rotatable bonds is 4.